The Morgan fingerprint density at radius 2 is 1.83 bits per heavy atom. The molecule has 0 aliphatic rings. The molecule has 1 rings (SSSR count). The van der Waals surface area contributed by atoms with Crippen LogP contribution in [0.1, 0.15) is 15.9 Å². The number of benzene rings is 1. The van der Waals surface area contributed by atoms with E-state index in [9.17, 15) is 4.79 Å². The van der Waals surface area contributed by atoms with Crippen molar-refractivity contribution in [1.82, 2.24) is 0 Å². The molecule has 0 unspecified atom stereocenters. The molecule has 0 radical (unpaired) electrons. The van der Waals surface area contributed by atoms with Crippen LogP contribution in [-0.4, -0.2) is 34.1 Å². The van der Waals surface area contributed by atoms with E-state index < -0.39 is 0 Å². The minimum atomic E-state index is 0.0888. The van der Waals surface area contributed by atoms with Gasteiger partial charge in [0.2, 0.25) is 0 Å². The zero-order valence-electron chi connectivity index (χ0n) is 10.5. The Kier molecular flexibility index (Phi) is 6.11. The van der Waals surface area contributed by atoms with Crippen LogP contribution in [0.5, 0.6) is 11.5 Å². The maximum Gasteiger partial charge on any atom is 0.188 e. The van der Waals surface area contributed by atoms with Crippen LogP contribution in [0.25, 0.3) is 0 Å². The van der Waals surface area contributed by atoms with Crippen LogP contribution in [-0.2, 0) is 9.47 Å². The molecule has 100 valence electrons. The number of hydrogen-bond donors (Lipinski definition) is 0. The van der Waals surface area contributed by atoms with Crippen LogP contribution in [0, 0.1) is 6.92 Å². The predicted octanol–water partition coefficient (Wildman–Crippen LogP) is 2.54. The molecule has 0 spiro atoms. The van der Waals surface area contributed by atoms with Crippen molar-refractivity contribution in [3.8, 4) is 11.5 Å². The van der Waals surface area contributed by atoms with E-state index in [1.54, 1.807) is 6.07 Å². The van der Waals surface area contributed by atoms with Crippen LogP contribution < -0.4 is 9.47 Å². The van der Waals surface area contributed by atoms with Gasteiger partial charge in [-0.25, -0.2) is 0 Å². The SMILES string of the molecule is COCOc1cc(C=O)c(Br)c(OCOC)c1C. The van der Waals surface area contributed by atoms with Gasteiger partial charge in [0.1, 0.15) is 11.5 Å². The smallest absolute Gasteiger partial charge is 0.188 e. The highest BCUT2D eigenvalue weighted by atomic mass is 79.9. The van der Waals surface area contributed by atoms with E-state index in [4.69, 9.17) is 18.9 Å². The Morgan fingerprint density at radius 1 is 1.22 bits per heavy atom. The molecule has 0 aliphatic heterocycles. The zero-order valence-corrected chi connectivity index (χ0v) is 12.1. The quantitative estimate of drug-likeness (QED) is 0.571. The average molecular weight is 319 g/mol. The van der Waals surface area contributed by atoms with Gasteiger partial charge in [0, 0.05) is 25.3 Å². The minimum absolute atomic E-state index is 0.0888. The highest BCUT2D eigenvalue weighted by Crippen LogP contribution is 2.37. The lowest BCUT2D eigenvalue weighted by Crippen LogP contribution is -2.06. The van der Waals surface area contributed by atoms with E-state index in [1.807, 2.05) is 6.92 Å². The summed E-state index contributed by atoms with van der Waals surface area (Å²) in [7, 11) is 3.05. The molecule has 0 bridgehead atoms. The Hall–Kier alpha value is -1.11. The third-order valence-electron chi connectivity index (χ3n) is 2.23. The third-order valence-corrected chi connectivity index (χ3v) is 3.05. The van der Waals surface area contributed by atoms with Gasteiger partial charge in [-0.15, -0.1) is 0 Å². The molecule has 0 atom stereocenters. The van der Waals surface area contributed by atoms with Crippen LogP contribution in [0.3, 0.4) is 0 Å². The first-order chi connectivity index (χ1) is 8.65. The summed E-state index contributed by atoms with van der Waals surface area (Å²) in [6, 6.07) is 1.63. The maximum absolute atomic E-state index is 11.0. The van der Waals surface area contributed by atoms with Crippen LogP contribution in [0.15, 0.2) is 10.5 Å². The molecule has 1 aromatic rings. The van der Waals surface area contributed by atoms with Crippen LogP contribution in [0.2, 0.25) is 0 Å². The zero-order chi connectivity index (χ0) is 13.5. The first-order valence-electron chi connectivity index (χ1n) is 5.17. The van der Waals surface area contributed by atoms with Gasteiger partial charge in [-0.05, 0) is 28.9 Å². The summed E-state index contributed by atoms with van der Waals surface area (Å²) in [4.78, 5) is 11.0. The standard InChI is InChI=1S/C12H15BrO5/c1-8-10(17-6-15-2)4-9(5-14)11(13)12(8)18-7-16-3/h4-5H,6-7H2,1-3H3. The van der Waals surface area contributed by atoms with Crippen molar-refractivity contribution in [3.05, 3.63) is 21.7 Å². The number of ether oxygens (including phenoxy) is 4. The molecular formula is C12H15BrO5. The van der Waals surface area contributed by atoms with Gasteiger partial charge >= 0.3 is 0 Å². The molecule has 0 N–H and O–H groups in total. The first kappa shape index (κ1) is 14.9. The fourth-order valence-electron chi connectivity index (χ4n) is 1.37. The van der Waals surface area contributed by atoms with Gasteiger partial charge in [0.25, 0.3) is 0 Å². The number of halogens is 1. The molecule has 6 heteroatoms. The van der Waals surface area contributed by atoms with E-state index >= 15 is 0 Å². The Morgan fingerprint density at radius 3 is 2.39 bits per heavy atom. The number of aldehydes is 1. The van der Waals surface area contributed by atoms with Crippen molar-refractivity contribution >= 4 is 22.2 Å². The summed E-state index contributed by atoms with van der Waals surface area (Å²) in [6.07, 6.45) is 0.725. The van der Waals surface area contributed by atoms with Gasteiger partial charge in [-0.3, -0.25) is 4.79 Å². The van der Waals surface area contributed by atoms with Crippen molar-refractivity contribution in [2.75, 3.05) is 27.8 Å². The second-order valence-electron chi connectivity index (χ2n) is 3.45. The number of rotatable bonds is 7. The third kappa shape index (κ3) is 3.44. The summed E-state index contributed by atoms with van der Waals surface area (Å²) in [5, 5.41) is 0. The topological polar surface area (TPSA) is 54.0 Å². The average Bonchev–Trinajstić information content (AvgIpc) is 2.38. The number of methoxy groups -OCH3 is 2. The molecular weight excluding hydrogens is 304 g/mol. The van der Waals surface area contributed by atoms with E-state index in [2.05, 4.69) is 15.9 Å². The highest BCUT2D eigenvalue weighted by Gasteiger charge is 2.16. The summed E-state index contributed by atoms with van der Waals surface area (Å²) in [5.41, 5.74) is 1.21. The van der Waals surface area contributed by atoms with Gasteiger partial charge in [0.05, 0.1) is 4.47 Å². The number of hydrogen-bond acceptors (Lipinski definition) is 5. The lowest BCUT2D eigenvalue weighted by Gasteiger charge is -2.16. The second kappa shape index (κ2) is 7.35. The summed E-state index contributed by atoms with van der Waals surface area (Å²) in [6.45, 7) is 2.02. The number of carbonyl (C=O) groups is 1. The molecule has 0 saturated heterocycles. The largest absolute Gasteiger partial charge is 0.467 e. The van der Waals surface area contributed by atoms with Crippen molar-refractivity contribution in [2.45, 2.75) is 6.92 Å². The molecule has 0 aromatic heterocycles. The lowest BCUT2D eigenvalue weighted by molar-refractivity contribution is 0.0445. The maximum atomic E-state index is 11.0. The normalized spacial score (nSPS) is 10.2. The highest BCUT2D eigenvalue weighted by molar-refractivity contribution is 9.10. The summed E-state index contributed by atoms with van der Waals surface area (Å²) >= 11 is 3.33. The van der Waals surface area contributed by atoms with Gasteiger partial charge < -0.3 is 18.9 Å². The van der Waals surface area contributed by atoms with Crippen LogP contribution >= 0.6 is 15.9 Å². The molecule has 0 aliphatic carbocycles. The lowest BCUT2D eigenvalue weighted by atomic mass is 10.1. The second-order valence-corrected chi connectivity index (χ2v) is 4.24. The minimum Gasteiger partial charge on any atom is -0.467 e. The molecule has 1 aromatic carbocycles. The Labute approximate surface area is 114 Å². The Balaban J connectivity index is 3.15. The first-order valence-corrected chi connectivity index (χ1v) is 5.96. The molecule has 0 heterocycles. The van der Waals surface area contributed by atoms with Crippen molar-refractivity contribution in [2.24, 2.45) is 0 Å². The molecule has 0 amide bonds. The van der Waals surface area contributed by atoms with E-state index in [0.29, 0.717) is 21.5 Å². The Bertz CT molecular complexity index is 419. The van der Waals surface area contributed by atoms with Crippen molar-refractivity contribution in [1.29, 1.82) is 0 Å². The van der Waals surface area contributed by atoms with Crippen molar-refractivity contribution in [3.63, 3.8) is 0 Å². The number of carbonyl (C=O) groups excluding carboxylic acids is 1. The van der Waals surface area contributed by atoms with Gasteiger partial charge in [-0.2, -0.15) is 0 Å². The summed E-state index contributed by atoms with van der Waals surface area (Å²) in [5.74, 6) is 1.06. The van der Waals surface area contributed by atoms with Gasteiger partial charge in [0.15, 0.2) is 19.9 Å². The molecule has 5 nitrogen and oxygen atoms in total. The summed E-state index contributed by atoms with van der Waals surface area (Å²) < 4.78 is 21.1. The van der Waals surface area contributed by atoms with E-state index in [1.165, 1.54) is 14.2 Å². The molecule has 18 heavy (non-hydrogen) atoms. The molecule has 0 saturated carbocycles. The van der Waals surface area contributed by atoms with Crippen molar-refractivity contribution < 1.29 is 23.7 Å². The fourth-order valence-corrected chi connectivity index (χ4v) is 1.99. The molecule has 0 fully saturated rings. The monoisotopic (exact) mass is 318 g/mol. The van der Waals surface area contributed by atoms with E-state index in [0.717, 1.165) is 11.8 Å². The van der Waals surface area contributed by atoms with Gasteiger partial charge in [-0.1, -0.05) is 0 Å². The van der Waals surface area contributed by atoms with E-state index in [-0.39, 0.29) is 13.6 Å². The fraction of sp³-hybridized carbons (Fsp3) is 0.417. The predicted molar refractivity (Wildman–Crippen MR) is 69.3 cm³/mol. The van der Waals surface area contributed by atoms with Crippen LogP contribution in [0.4, 0.5) is 0 Å².